The molecule has 1 aromatic rings. The van der Waals surface area contributed by atoms with E-state index in [1.54, 1.807) is 0 Å². The van der Waals surface area contributed by atoms with Crippen molar-refractivity contribution >= 4 is 29.5 Å². The standard InChI is InChI=1S/C16H18ClFN2O2/c17-13-7-4-8-14(18)12(13)9-10-15(21)19-20-16(22)11-5-2-1-3-6-11/h4,7-11H,1-3,5-6H2,(H,19,21)(H,20,22)/b10-9+. The van der Waals surface area contributed by atoms with Crippen molar-refractivity contribution in [2.24, 2.45) is 5.92 Å². The fourth-order valence-corrected chi connectivity index (χ4v) is 2.69. The van der Waals surface area contributed by atoms with Crippen molar-refractivity contribution in [1.29, 1.82) is 0 Å². The normalized spacial score (nSPS) is 15.7. The molecular weight excluding hydrogens is 307 g/mol. The third kappa shape index (κ3) is 4.56. The summed E-state index contributed by atoms with van der Waals surface area (Å²) in [6.45, 7) is 0. The van der Waals surface area contributed by atoms with Gasteiger partial charge >= 0.3 is 0 Å². The van der Waals surface area contributed by atoms with Gasteiger partial charge in [-0.05, 0) is 31.1 Å². The first-order chi connectivity index (χ1) is 10.6. The fourth-order valence-electron chi connectivity index (χ4n) is 2.46. The lowest BCUT2D eigenvalue weighted by Gasteiger charge is -2.20. The number of halogens is 2. The quantitative estimate of drug-likeness (QED) is 0.662. The highest BCUT2D eigenvalue weighted by molar-refractivity contribution is 6.32. The third-order valence-electron chi connectivity index (χ3n) is 3.69. The fraction of sp³-hybridized carbons (Fsp3) is 0.375. The van der Waals surface area contributed by atoms with Gasteiger partial charge in [-0.15, -0.1) is 0 Å². The van der Waals surface area contributed by atoms with Gasteiger partial charge in [-0.25, -0.2) is 4.39 Å². The Kier molecular flexibility index (Phi) is 5.95. The van der Waals surface area contributed by atoms with Gasteiger partial charge in [0.15, 0.2) is 0 Å². The predicted octanol–water partition coefficient (Wildman–Crippen LogP) is 3.22. The number of carbonyl (C=O) groups is 2. The van der Waals surface area contributed by atoms with Crippen LogP contribution in [0.2, 0.25) is 5.02 Å². The molecule has 0 heterocycles. The molecule has 6 heteroatoms. The Morgan fingerprint density at radius 2 is 1.91 bits per heavy atom. The molecule has 0 saturated heterocycles. The van der Waals surface area contributed by atoms with Gasteiger partial charge in [0.05, 0.1) is 5.02 Å². The molecule has 0 aromatic heterocycles. The van der Waals surface area contributed by atoms with Crippen LogP contribution in [0.3, 0.4) is 0 Å². The lowest BCUT2D eigenvalue weighted by atomic mass is 9.89. The van der Waals surface area contributed by atoms with E-state index in [-0.39, 0.29) is 22.4 Å². The third-order valence-corrected chi connectivity index (χ3v) is 4.02. The molecule has 0 unspecified atom stereocenters. The summed E-state index contributed by atoms with van der Waals surface area (Å²) in [6.07, 6.45) is 7.34. The summed E-state index contributed by atoms with van der Waals surface area (Å²) in [7, 11) is 0. The summed E-state index contributed by atoms with van der Waals surface area (Å²) in [5.41, 5.74) is 4.84. The van der Waals surface area contributed by atoms with Crippen LogP contribution < -0.4 is 10.9 Å². The number of benzene rings is 1. The maximum Gasteiger partial charge on any atom is 0.262 e. The Hall–Kier alpha value is -1.88. The second kappa shape index (κ2) is 7.94. The molecule has 118 valence electrons. The van der Waals surface area contributed by atoms with Gasteiger partial charge in [0.2, 0.25) is 5.91 Å². The van der Waals surface area contributed by atoms with Crippen molar-refractivity contribution in [3.05, 3.63) is 40.7 Å². The molecule has 0 aliphatic heterocycles. The Balaban J connectivity index is 1.85. The summed E-state index contributed by atoms with van der Waals surface area (Å²) in [5, 5.41) is 0.218. The van der Waals surface area contributed by atoms with Gasteiger partial charge in [0.1, 0.15) is 5.82 Å². The maximum absolute atomic E-state index is 13.5. The predicted molar refractivity (Wildman–Crippen MR) is 83.3 cm³/mol. The molecule has 0 radical (unpaired) electrons. The molecule has 1 aliphatic carbocycles. The molecule has 1 fully saturated rings. The second-order valence-corrected chi connectivity index (χ2v) is 5.69. The summed E-state index contributed by atoms with van der Waals surface area (Å²) in [5.74, 6) is -1.27. The molecular formula is C16H18ClFN2O2. The largest absolute Gasteiger partial charge is 0.273 e. The number of amides is 2. The Labute approximate surface area is 133 Å². The molecule has 22 heavy (non-hydrogen) atoms. The van der Waals surface area contributed by atoms with Gasteiger partial charge in [-0.3, -0.25) is 20.4 Å². The molecule has 1 aliphatic rings. The first-order valence-electron chi connectivity index (χ1n) is 7.30. The van der Waals surface area contributed by atoms with Crippen molar-refractivity contribution in [2.45, 2.75) is 32.1 Å². The Morgan fingerprint density at radius 1 is 1.18 bits per heavy atom. The summed E-state index contributed by atoms with van der Waals surface area (Å²) in [6, 6.07) is 4.28. The topological polar surface area (TPSA) is 58.2 Å². The van der Waals surface area contributed by atoms with E-state index < -0.39 is 11.7 Å². The lowest BCUT2D eigenvalue weighted by molar-refractivity contribution is -0.130. The zero-order valence-electron chi connectivity index (χ0n) is 12.1. The maximum atomic E-state index is 13.5. The van der Waals surface area contributed by atoms with Crippen LogP contribution >= 0.6 is 11.6 Å². The number of hydrogen-bond donors (Lipinski definition) is 2. The zero-order valence-corrected chi connectivity index (χ0v) is 12.8. The summed E-state index contributed by atoms with van der Waals surface area (Å²) >= 11 is 5.85. The minimum atomic E-state index is -0.538. The second-order valence-electron chi connectivity index (χ2n) is 5.28. The van der Waals surface area contributed by atoms with E-state index in [0.717, 1.165) is 38.2 Å². The van der Waals surface area contributed by atoms with Gasteiger partial charge in [-0.1, -0.05) is 36.9 Å². The van der Waals surface area contributed by atoms with Crippen molar-refractivity contribution in [3.63, 3.8) is 0 Å². The highest BCUT2D eigenvalue weighted by Crippen LogP contribution is 2.23. The molecule has 0 spiro atoms. The van der Waals surface area contributed by atoms with Crippen LogP contribution in [0.1, 0.15) is 37.7 Å². The average molecular weight is 325 g/mol. The summed E-state index contributed by atoms with van der Waals surface area (Å²) in [4.78, 5) is 23.5. The molecule has 0 bridgehead atoms. The van der Waals surface area contributed by atoms with Crippen molar-refractivity contribution in [1.82, 2.24) is 10.9 Å². The van der Waals surface area contributed by atoms with Crippen LogP contribution in [0.4, 0.5) is 4.39 Å². The van der Waals surface area contributed by atoms with E-state index in [0.29, 0.717) is 0 Å². The number of nitrogens with one attached hydrogen (secondary N) is 2. The average Bonchev–Trinajstić information content (AvgIpc) is 2.53. The molecule has 1 saturated carbocycles. The molecule has 0 atom stereocenters. The van der Waals surface area contributed by atoms with Crippen LogP contribution in [-0.4, -0.2) is 11.8 Å². The Bertz CT molecular complexity index is 563. The van der Waals surface area contributed by atoms with Crippen molar-refractivity contribution in [2.75, 3.05) is 0 Å². The van der Waals surface area contributed by atoms with E-state index in [1.807, 2.05) is 0 Å². The van der Waals surface area contributed by atoms with Crippen LogP contribution in [0, 0.1) is 11.7 Å². The SMILES string of the molecule is O=C(/C=C/c1c(F)cccc1Cl)NNC(=O)C1CCCCC1. The van der Waals surface area contributed by atoms with Gasteiger partial charge < -0.3 is 0 Å². The highest BCUT2D eigenvalue weighted by atomic mass is 35.5. The lowest BCUT2D eigenvalue weighted by Crippen LogP contribution is -2.44. The zero-order chi connectivity index (χ0) is 15.9. The van der Waals surface area contributed by atoms with E-state index in [2.05, 4.69) is 10.9 Å². The molecule has 2 N–H and O–H groups in total. The number of rotatable bonds is 3. The van der Waals surface area contributed by atoms with Crippen LogP contribution in [-0.2, 0) is 9.59 Å². The van der Waals surface area contributed by atoms with Gasteiger partial charge in [0.25, 0.3) is 5.91 Å². The van der Waals surface area contributed by atoms with Crippen LogP contribution in [0.5, 0.6) is 0 Å². The molecule has 4 nitrogen and oxygen atoms in total. The van der Waals surface area contributed by atoms with E-state index in [4.69, 9.17) is 11.6 Å². The van der Waals surface area contributed by atoms with E-state index in [1.165, 1.54) is 24.3 Å². The number of hydrogen-bond acceptors (Lipinski definition) is 2. The molecule has 2 rings (SSSR count). The molecule has 2 amide bonds. The van der Waals surface area contributed by atoms with Crippen LogP contribution in [0.25, 0.3) is 6.08 Å². The van der Waals surface area contributed by atoms with Crippen LogP contribution in [0.15, 0.2) is 24.3 Å². The molecule has 1 aromatic carbocycles. The van der Waals surface area contributed by atoms with Crippen molar-refractivity contribution in [3.8, 4) is 0 Å². The number of carbonyl (C=O) groups excluding carboxylic acids is 2. The monoisotopic (exact) mass is 324 g/mol. The first-order valence-corrected chi connectivity index (χ1v) is 7.67. The van der Waals surface area contributed by atoms with E-state index >= 15 is 0 Å². The first kappa shape index (κ1) is 16.5. The van der Waals surface area contributed by atoms with E-state index in [9.17, 15) is 14.0 Å². The smallest absolute Gasteiger partial charge is 0.262 e. The van der Waals surface area contributed by atoms with Gasteiger partial charge in [-0.2, -0.15) is 0 Å². The minimum absolute atomic E-state index is 0.0426. The van der Waals surface area contributed by atoms with Gasteiger partial charge in [0, 0.05) is 17.6 Å². The van der Waals surface area contributed by atoms with Crippen molar-refractivity contribution < 1.29 is 14.0 Å². The number of hydrazine groups is 1. The minimum Gasteiger partial charge on any atom is -0.273 e. The Morgan fingerprint density at radius 3 is 2.59 bits per heavy atom. The summed E-state index contributed by atoms with van der Waals surface area (Å²) < 4.78 is 13.5. The highest BCUT2D eigenvalue weighted by Gasteiger charge is 2.20.